The number of guanidine groups is 1. The molecule has 6 nitrogen and oxygen atoms in total. The van der Waals surface area contributed by atoms with Crippen LogP contribution in [0.3, 0.4) is 0 Å². The van der Waals surface area contributed by atoms with Gasteiger partial charge >= 0.3 is 0 Å². The van der Waals surface area contributed by atoms with E-state index in [1.807, 2.05) is 19.1 Å². The first-order valence-electron chi connectivity index (χ1n) is 8.15. The molecule has 23 heavy (non-hydrogen) atoms. The highest BCUT2D eigenvalue weighted by atomic mass is 35.5. The van der Waals surface area contributed by atoms with Crippen LogP contribution in [0, 0.1) is 0 Å². The number of hydrogen-bond acceptors (Lipinski definition) is 4. The molecule has 128 valence electrons. The minimum absolute atomic E-state index is 0.339. The molecule has 0 aromatic carbocycles. The quantitative estimate of drug-likeness (QED) is 0.451. The van der Waals surface area contributed by atoms with Crippen LogP contribution < -0.4 is 15.5 Å². The fourth-order valence-electron chi connectivity index (χ4n) is 2.59. The Morgan fingerprint density at radius 2 is 2.43 bits per heavy atom. The monoisotopic (exact) mass is 339 g/mol. The second kappa shape index (κ2) is 9.57. The molecular weight excluding hydrogens is 314 g/mol. The Kier molecular flexibility index (Phi) is 7.42. The fourth-order valence-corrected chi connectivity index (χ4v) is 2.83. The van der Waals surface area contributed by atoms with Crippen molar-refractivity contribution in [3.63, 3.8) is 0 Å². The van der Waals surface area contributed by atoms with Crippen molar-refractivity contribution in [2.45, 2.75) is 25.8 Å². The Labute approximate surface area is 143 Å². The maximum Gasteiger partial charge on any atom is 0.191 e. The third kappa shape index (κ3) is 5.55. The van der Waals surface area contributed by atoms with Crippen molar-refractivity contribution in [2.75, 3.05) is 44.8 Å². The number of nitrogens with one attached hydrogen (secondary N) is 2. The first-order valence-corrected chi connectivity index (χ1v) is 8.52. The summed E-state index contributed by atoms with van der Waals surface area (Å²) in [6, 6.07) is 4.07. The van der Waals surface area contributed by atoms with Gasteiger partial charge in [-0.2, -0.15) is 0 Å². The zero-order valence-corrected chi connectivity index (χ0v) is 14.6. The molecule has 1 aliphatic rings. The zero-order chi connectivity index (χ0) is 16.5. The number of anilines is 1. The maximum absolute atomic E-state index is 6.22. The summed E-state index contributed by atoms with van der Waals surface area (Å²) in [5.41, 5.74) is 0. The predicted molar refractivity (Wildman–Crippen MR) is 95.5 cm³/mol. The molecule has 0 amide bonds. The van der Waals surface area contributed by atoms with Crippen molar-refractivity contribution in [2.24, 2.45) is 4.99 Å². The van der Waals surface area contributed by atoms with Crippen LogP contribution in [-0.2, 0) is 4.74 Å². The van der Waals surface area contributed by atoms with Crippen LogP contribution >= 0.6 is 11.6 Å². The number of aliphatic imine (C=N–C) groups is 1. The molecule has 1 unspecified atom stereocenters. The van der Waals surface area contributed by atoms with Gasteiger partial charge in [0, 0.05) is 52.1 Å². The summed E-state index contributed by atoms with van der Waals surface area (Å²) in [4.78, 5) is 10.9. The van der Waals surface area contributed by atoms with E-state index in [1.165, 1.54) is 0 Å². The summed E-state index contributed by atoms with van der Waals surface area (Å²) in [5, 5.41) is 7.48. The summed E-state index contributed by atoms with van der Waals surface area (Å²) >= 11 is 6.22. The third-order valence-electron chi connectivity index (χ3n) is 3.75. The van der Waals surface area contributed by atoms with Gasteiger partial charge in [-0.1, -0.05) is 11.6 Å². The SMILES string of the molecule is CCOCCCNC(=NC)NC1CCN(c2ncccc2Cl)C1. The van der Waals surface area contributed by atoms with E-state index < -0.39 is 0 Å². The highest BCUT2D eigenvalue weighted by Gasteiger charge is 2.25. The lowest BCUT2D eigenvalue weighted by Gasteiger charge is -2.20. The molecule has 1 atom stereocenters. The molecule has 2 rings (SSSR count). The van der Waals surface area contributed by atoms with Gasteiger partial charge in [0.15, 0.2) is 5.96 Å². The number of nitrogens with zero attached hydrogens (tertiary/aromatic N) is 3. The molecule has 0 spiro atoms. The Hall–Kier alpha value is -1.53. The second-order valence-electron chi connectivity index (χ2n) is 5.43. The summed E-state index contributed by atoms with van der Waals surface area (Å²) in [5.74, 6) is 1.69. The first-order chi connectivity index (χ1) is 11.2. The molecule has 1 fully saturated rings. The Balaban J connectivity index is 1.76. The molecule has 1 aromatic rings. The minimum atomic E-state index is 0.339. The Bertz CT molecular complexity index is 511. The molecule has 1 aliphatic heterocycles. The highest BCUT2D eigenvalue weighted by Crippen LogP contribution is 2.25. The molecule has 1 aromatic heterocycles. The van der Waals surface area contributed by atoms with Crippen LogP contribution in [0.4, 0.5) is 5.82 Å². The van der Waals surface area contributed by atoms with Gasteiger partial charge in [-0.25, -0.2) is 4.98 Å². The predicted octanol–water partition coefficient (Wildman–Crippen LogP) is 1.91. The van der Waals surface area contributed by atoms with Crippen molar-refractivity contribution in [1.29, 1.82) is 0 Å². The normalized spacial score (nSPS) is 18.3. The zero-order valence-electron chi connectivity index (χ0n) is 13.9. The summed E-state index contributed by atoms with van der Waals surface area (Å²) in [7, 11) is 1.79. The highest BCUT2D eigenvalue weighted by molar-refractivity contribution is 6.32. The minimum Gasteiger partial charge on any atom is -0.382 e. The van der Waals surface area contributed by atoms with E-state index in [9.17, 15) is 0 Å². The van der Waals surface area contributed by atoms with Crippen LogP contribution in [0.2, 0.25) is 5.02 Å². The lowest BCUT2D eigenvalue weighted by molar-refractivity contribution is 0.145. The van der Waals surface area contributed by atoms with Gasteiger partial charge in [-0.05, 0) is 31.9 Å². The van der Waals surface area contributed by atoms with Gasteiger partial charge in [-0.3, -0.25) is 4.99 Å². The molecule has 0 saturated carbocycles. The summed E-state index contributed by atoms with van der Waals surface area (Å²) in [6.45, 7) is 6.21. The van der Waals surface area contributed by atoms with Gasteiger partial charge in [0.1, 0.15) is 5.82 Å². The molecule has 0 radical (unpaired) electrons. The van der Waals surface area contributed by atoms with Crippen molar-refractivity contribution in [3.05, 3.63) is 23.4 Å². The van der Waals surface area contributed by atoms with E-state index in [2.05, 4.69) is 25.5 Å². The Morgan fingerprint density at radius 3 is 3.17 bits per heavy atom. The van der Waals surface area contributed by atoms with Crippen LogP contribution in [-0.4, -0.2) is 56.9 Å². The maximum atomic E-state index is 6.22. The van der Waals surface area contributed by atoms with Gasteiger partial charge in [-0.15, -0.1) is 0 Å². The van der Waals surface area contributed by atoms with Crippen molar-refractivity contribution in [1.82, 2.24) is 15.6 Å². The lowest BCUT2D eigenvalue weighted by Crippen LogP contribution is -2.45. The van der Waals surface area contributed by atoms with E-state index >= 15 is 0 Å². The summed E-state index contributed by atoms with van der Waals surface area (Å²) < 4.78 is 5.33. The van der Waals surface area contributed by atoms with Crippen LogP contribution in [0.5, 0.6) is 0 Å². The second-order valence-corrected chi connectivity index (χ2v) is 5.84. The molecular formula is C16H26ClN5O. The average molecular weight is 340 g/mol. The van der Waals surface area contributed by atoms with E-state index in [4.69, 9.17) is 16.3 Å². The number of halogens is 1. The van der Waals surface area contributed by atoms with Crippen LogP contribution in [0.1, 0.15) is 19.8 Å². The van der Waals surface area contributed by atoms with Crippen molar-refractivity contribution >= 4 is 23.4 Å². The van der Waals surface area contributed by atoms with Crippen molar-refractivity contribution in [3.8, 4) is 0 Å². The molecule has 7 heteroatoms. The van der Waals surface area contributed by atoms with Crippen molar-refractivity contribution < 1.29 is 4.74 Å². The van der Waals surface area contributed by atoms with Crippen LogP contribution in [0.15, 0.2) is 23.3 Å². The van der Waals surface area contributed by atoms with Gasteiger partial charge in [0.25, 0.3) is 0 Å². The van der Waals surface area contributed by atoms with E-state index in [1.54, 1.807) is 13.2 Å². The molecule has 2 heterocycles. The van der Waals surface area contributed by atoms with Crippen LogP contribution in [0.25, 0.3) is 0 Å². The number of hydrogen-bond donors (Lipinski definition) is 2. The molecule has 0 bridgehead atoms. The number of pyridine rings is 1. The first kappa shape index (κ1) is 17.8. The number of ether oxygens (including phenoxy) is 1. The molecule has 1 saturated heterocycles. The van der Waals surface area contributed by atoms with Gasteiger partial charge in [0.2, 0.25) is 0 Å². The topological polar surface area (TPSA) is 61.8 Å². The smallest absolute Gasteiger partial charge is 0.191 e. The summed E-state index contributed by atoms with van der Waals surface area (Å²) in [6.07, 6.45) is 3.78. The van der Waals surface area contributed by atoms with E-state index in [0.29, 0.717) is 11.1 Å². The molecule has 2 N–H and O–H groups in total. The van der Waals surface area contributed by atoms with Gasteiger partial charge in [0.05, 0.1) is 5.02 Å². The Morgan fingerprint density at radius 1 is 1.57 bits per heavy atom. The van der Waals surface area contributed by atoms with E-state index in [-0.39, 0.29) is 0 Å². The number of rotatable bonds is 7. The average Bonchev–Trinajstić information content (AvgIpc) is 3.02. The largest absolute Gasteiger partial charge is 0.382 e. The fraction of sp³-hybridized carbons (Fsp3) is 0.625. The number of aromatic nitrogens is 1. The standard InChI is InChI=1S/C16H26ClN5O/c1-3-23-11-5-9-20-16(18-2)21-13-7-10-22(12-13)15-14(17)6-4-8-19-15/h4,6,8,13H,3,5,7,9-12H2,1-2H3,(H2,18,20,21). The molecule has 0 aliphatic carbocycles. The van der Waals surface area contributed by atoms with E-state index in [0.717, 1.165) is 57.5 Å². The van der Waals surface area contributed by atoms with Gasteiger partial charge < -0.3 is 20.3 Å². The lowest BCUT2D eigenvalue weighted by atomic mass is 10.3. The third-order valence-corrected chi connectivity index (χ3v) is 4.05.